The van der Waals surface area contributed by atoms with Gasteiger partial charge in [0.1, 0.15) is 0 Å². The van der Waals surface area contributed by atoms with E-state index < -0.39 is 0 Å². The number of rotatable bonds is 3. The number of nitrogens with one attached hydrogen (secondary N) is 1. The molecule has 3 nitrogen and oxygen atoms in total. The number of aryl methyl sites for hydroxylation is 2. The first-order valence-corrected chi connectivity index (χ1v) is 8.14. The van der Waals surface area contributed by atoms with E-state index in [4.69, 9.17) is 0 Å². The summed E-state index contributed by atoms with van der Waals surface area (Å²) in [6, 6.07) is 13.4. The van der Waals surface area contributed by atoms with Crippen molar-refractivity contribution in [2.75, 3.05) is 11.4 Å². The van der Waals surface area contributed by atoms with Gasteiger partial charge in [0, 0.05) is 18.4 Å². The lowest BCUT2D eigenvalue weighted by molar-refractivity contribution is 0.819. The zero-order valence-electron chi connectivity index (χ0n) is 13.6. The van der Waals surface area contributed by atoms with Crippen LogP contribution in [0.1, 0.15) is 22.4 Å². The van der Waals surface area contributed by atoms with Crippen molar-refractivity contribution >= 4 is 5.69 Å². The average molecular weight is 303 g/mol. The Bertz CT molecular complexity index is 814. The van der Waals surface area contributed by atoms with Crippen molar-refractivity contribution < 1.29 is 0 Å². The lowest BCUT2D eigenvalue weighted by Crippen LogP contribution is -2.19. The molecule has 0 amide bonds. The molecule has 2 heterocycles. The van der Waals surface area contributed by atoms with E-state index in [9.17, 15) is 0 Å². The van der Waals surface area contributed by atoms with Gasteiger partial charge in [-0.25, -0.2) is 4.98 Å². The first kappa shape index (κ1) is 14.1. The summed E-state index contributed by atoms with van der Waals surface area (Å²) in [5.74, 6) is 0. The van der Waals surface area contributed by atoms with Crippen LogP contribution >= 0.6 is 0 Å². The van der Waals surface area contributed by atoms with Gasteiger partial charge >= 0.3 is 0 Å². The number of hydrogen-bond acceptors (Lipinski definition) is 2. The van der Waals surface area contributed by atoms with E-state index in [1.165, 1.54) is 33.5 Å². The van der Waals surface area contributed by atoms with E-state index in [2.05, 4.69) is 65.1 Å². The molecule has 1 N–H and O–H groups in total. The van der Waals surface area contributed by atoms with Gasteiger partial charge in [0.05, 0.1) is 18.6 Å². The van der Waals surface area contributed by atoms with E-state index in [1.807, 2.05) is 6.20 Å². The van der Waals surface area contributed by atoms with Gasteiger partial charge in [-0.15, -0.1) is 0 Å². The van der Waals surface area contributed by atoms with E-state index >= 15 is 0 Å². The van der Waals surface area contributed by atoms with Gasteiger partial charge in [0.15, 0.2) is 0 Å². The Morgan fingerprint density at radius 1 is 1.13 bits per heavy atom. The standard InChI is InChI=1S/C20H21N3/c1-14-4-3-5-15(2)20(14)17-7-6-16-8-9-23(19(16)10-17)12-18-11-21-13-22-18/h3-7,10-11,13H,8-9,12H2,1-2H3,(H,21,22). The van der Waals surface area contributed by atoms with Crippen LogP contribution in [0.4, 0.5) is 5.69 Å². The minimum atomic E-state index is 0.868. The highest BCUT2D eigenvalue weighted by molar-refractivity contribution is 5.76. The molecular weight excluding hydrogens is 282 g/mol. The maximum atomic E-state index is 4.36. The highest BCUT2D eigenvalue weighted by atomic mass is 15.2. The number of benzene rings is 2. The summed E-state index contributed by atoms with van der Waals surface area (Å²) in [4.78, 5) is 9.84. The monoisotopic (exact) mass is 303 g/mol. The Kier molecular flexibility index (Phi) is 3.41. The molecule has 23 heavy (non-hydrogen) atoms. The molecule has 0 saturated heterocycles. The number of nitrogens with zero attached hydrogens (tertiary/aromatic N) is 2. The fourth-order valence-corrected chi connectivity index (χ4v) is 3.61. The summed E-state index contributed by atoms with van der Waals surface area (Å²) in [6.07, 6.45) is 4.85. The Morgan fingerprint density at radius 2 is 1.96 bits per heavy atom. The SMILES string of the molecule is Cc1cccc(C)c1-c1ccc2c(c1)N(Cc1c[nH]cn1)CC2. The van der Waals surface area contributed by atoms with Crippen molar-refractivity contribution in [3.8, 4) is 11.1 Å². The molecule has 1 aliphatic heterocycles. The van der Waals surface area contributed by atoms with Crippen molar-refractivity contribution in [2.24, 2.45) is 0 Å². The maximum absolute atomic E-state index is 4.36. The molecule has 0 aliphatic carbocycles. The van der Waals surface area contributed by atoms with E-state index in [0.29, 0.717) is 0 Å². The third-order valence-corrected chi connectivity index (χ3v) is 4.75. The van der Waals surface area contributed by atoms with Crippen LogP contribution in [-0.4, -0.2) is 16.5 Å². The predicted octanol–water partition coefficient (Wildman–Crippen LogP) is 4.26. The first-order valence-electron chi connectivity index (χ1n) is 8.14. The van der Waals surface area contributed by atoms with Gasteiger partial charge in [-0.2, -0.15) is 0 Å². The molecule has 4 rings (SSSR count). The molecular formula is C20H21N3. The minimum Gasteiger partial charge on any atom is -0.365 e. The summed E-state index contributed by atoms with van der Waals surface area (Å²) in [7, 11) is 0. The summed E-state index contributed by atoms with van der Waals surface area (Å²) >= 11 is 0. The molecule has 0 radical (unpaired) electrons. The smallest absolute Gasteiger partial charge is 0.0923 e. The molecule has 0 saturated carbocycles. The third kappa shape index (κ3) is 2.52. The lowest BCUT2D eigenvalue weighted by Gasteiger charge is -2.19. The van der Waals surface area contributed by atoms with E-state index in [-0.39, 0.29) is 0 Å². The fraction of sp³-hybridized carbons (Fsp3) is 0.250. The molecule has 116 valence electrons. The maximum Gasteiger partial charge on any atom is 0.0923 e. The van der Waals surface area contributed by atoms with Gasteiger partial charge in [-0.05, 0) is 54.2 Å². The van der Waals surface area contributed by atoms with E-state index in [0.717, 1.165) is 25.2 Å². The van der Waals surface area contributed by atoms with Crippen LogP contribution < -0.4 is 4.90 Å². The summed E-state index contributed by atoms with van der Waals surface area (Å²) in [5, 5.41) is 0. The van der Waals surface area contributed by atoms with Gasteiger partial charge in [0.25, 0.3) is 0 Å². The summed E-state index contributed by atoms with van der Waals surface area (Å²) in [6.45, 7) is 6.32. The highest BCUT2D eigenvalue weighted by Crippen LogP contribution is 2.35. The highest BCUT2D eigenvalue weighted by Gasteiger charge is 2.20. The Labute approximate surface area is 137 Å². The number of H-pyrrole nitrogens is 1. The molecule has 1 aliphatic rings. The largest absolute Gasteiger partial charge is 0.365 e. The molecule has 1 aromatic heterocycles. The van der Waals surface area contributed by atoms with Crippen molar-refractivity contribution in [1.29, 1.82) is 0 Å². The summed E-state index contributed by atoms with van der Waals surface area (Å²) < 4.78 is 0. The minimum absolute atomic E-state index is 0.868. The number of imidazole rings is 1. The number of aromatic amines is 1. The quantitative estimate of drug-likeness (QED) is 0.784. The molecule has 2 aromatic carbocycles. The van der Waals surface area contributed by atoms with Crippen LogP contribution in [0.25, 0.3) is 11.1 Å². The van der Waals surface area contributed by atoms with Crippen LogP contribution in [0.5, 0.6) is 0 Å². The van der Waals surface area contributed by atoms with Crippen molar-refractivity contribution in [2.45, 2.75) is 26.8 Å². The van der Waals surface area contributed by atoms with Crippen LogP contribution in [0.2, 0.25) is 0 Å². The topological polar surface area (TPSA) is 31.9 Å². The second-order valence-electron chi connectivity index (χ2n) is 6.34. The second-order valence-corrected chi connectivity index (χ2v) is 6.34. The molecule has 0 fully saturated rings. The number of hydrogen-bond donors (Lipinski definition) is 1. The molecule has 0 unspecified atom stereocenters. The van der Waals surface area contributed by atoms with Gasteiger partial charge < -0.3 is 9.88 Å². The van der Waals surface area contributed by atoms with Crippen molar-refractivity contribution in [3.05, 3.63) is 71.3 Å². The zero-order valence-corrected chi connectivity index (χ0v) is 13.6. The van der Waals surface area contributed by atoms with Crippen LogP contribution in [-0.2, 0) is 13.0 Å². The van der Waals surface area contributed by atoms with Crippen molar-refractivity contribution in [1.82, 2.24) is 9.97 Å². The Balaban J connectivity index is 1.73. The third-order valence-electron chi connectivity index (χ3n) is 4.75. The van der Waals surface area contributed by atoms with Gasteiger partial charge in [-0.3, -0.25) is 0 Å². The van der Waals surface area contributed by atoms with Crippen LogP contribution in [0, 0.1) is 13.8 Å². The average Bonchev–Trinajstić information content (AvgIpc) is 3.18. The molecule has 0 bridgehead atoms. The van der Waals surface area contributed by atoms with Gasteiger partial charge in [0.2, 0.25) is 0 Å². The van der Waals surface area contributed by atoms with Crippen LogP contribution in [0.15, 0.2) is 48.9 Å². The Hall–Kier alpha value is -2.55. The molecule has 3 aromatic rings. The normalized spacial score (nSPS) is 13.4. The van der Waals surface area contributed by atoms with E-state index in [1.54, 1.807) is 6.33 Å². The molecule has 0 spiro atoms. The molecule has 0 atom stereocenters. The Morgan fingerprint density at radius 3 is 2.70 bits per heavy atom. The first-order chi connectivity index (χ1) is 11.2. The summed E-state index contributed by atoms with van der Waals surface area (Å²) in [5.41, 5.74) is 9.23. The van der Waals surface area contributed by atoms with Crippen molar-refractivity contribution in [3.63, 3.8) is 0 Å². The second kappa shape index (κ2) is 5.58. The number of anilines is 1. The lowest BCUT2D eigenvalue weighted by atomic mass is 9.94. The van der Waals surface area contributed by atoms with Crippen LogP contribution in [0.3, 0.4) is 0 Å². The molecule has 3 heteroatoms. The van der Waals surface area contributed by atoms with Gasteiger partial charge in [-0.1, -0.05) is 30.3 Å². The predicted molar refractivity (Wildman–Crippen MR) is 94.7 cm³/mol. The number of aromatic nitrogens is 2. The fourth-order valence-electron chi connectivity index (χ4n) is 3.61. The zero-order chi connectivity index (χ0) is 15.8. The number of fused-ring (bicyclic) bond motifs is 1.